The summed E-state index contributed by atoms with van der Waals surface area (Å²) < 4.78 is 35.8. The molecule has 15 N–H and O–H groups in total. The van der Waals surface area contributed by atoms with Crippen molar-refractivity contribution in [3.8, 4) is 0 Å². The van der Waals surface area contributed by atoms with Crippen molar-refractivity contribution in [3.05, 3.63) is 170 Å². The SMILES string of the molecule is C=CCc1cn([C@@H]2O[C@H](CCP(=C)(C)C)[C@@H](O)[C@H]2O)c(=O)[nH]c1=O.C=P(C)(C)CC[C@H]1O[C@@H](n2c[n+](CCC)c(=O)[nH]c2=O)[C@H](O)[C@@H]1O.C=P(C)(C)CC[C@H]1O[C@@H](n2cc(CC)c(=O)[nH]c2=O)[C@H](O)[C@@H]1O.C=P(C)(C)CC[C@H]1O[C@@H](n2cc(CCC)c(=O)[nH]c2=O)[C@H](O)[C@@H]1O.C=P(C)(C)CC[C@H]1O[C@@H](n2cc(CCCC)c(=O)[nH]c2=O)[C@H](O)[C@@H]1O. The van der Waals surface area contributed by atoms with E-state index in [0.29, 0.717) is 86.6 Å². The molecule has 0 bridgehead atoms. The van der Waals surface area contributed by atoms with E-state index in [0.717, 1.165) is 63.8 Å². The lowest BCUT2D eigenvalue weighted by Crippen LogP contribution is -2.57. The van der Waals surface area contributed by atoms with Crippen LogP contribution in [0.25, 0.3) is 0 Å². The van der Waals surface area contributed by atoms with Crippen LogP contribution in [0.1, 0.15) is 139 Å². The molecule has 0 radical (unpaired) electrons. The Kier molecular flexibility index (Phi) is 37.9. The number of nitrogens with one attached hydrogen (secondary N) is 5. The van der Waals surface area contributed by atoms with E-state index in [1.165, 1.54) is 44.8 Å². The number of hydrogen-bond donors (Lipinski definition) is 15. The fraction of sp³-hybridized carbons (Fsp3) is 0.671. The van der Waals surface area contributed by atoms with Crippen molar-refractivity contribution in [2.24, 2.45) is 0 Å². The molecule has 0 aromatic carbocycles. The average molecular weight is 1790 g/mol. The second kappa shape index (κ2) is 44.2. The second-order valence-corrected chi connectivity index (χ2v) is 56.5. The van der Waals surface area contributed by atoms with Crippen LogP contribution >= 0.6 is 34.4 Å². The van der Waals surface area contributed by atoms with Gasteiger partial charge in [0.2, 0.25) is 12.6 Å². The minimum atomic E-state index is -1.29. The molecule has 5 aromatic rings. The third kappa shape index (κ3) is 28.8. The zero-order valence-corrected chi connectivity index (χ0v) is 76.2. The lowest BCUT2D eigenvalue weighted by molar-refractivity contribution is -0.719. The predicted molar refractivity (Wildman–Crippen MR) is 479 cm³/mol. The van der Waals surface area contributed by atoms with E-state index in [9.17, 15) is 99.0 Å². The van der Waals surface area contributed by atoms with Crippen LogP contribution in [0.5, 0.6) is 0 Å². The van der Waals surface area contributed by atoms with Gasteiger partial charge in [0.05, 0.1) is 37.1 Å². The van der Waals surface area contributed by atoms with Gasteiger partial charge in [0.25, 0.3) is 22.2 Å². The monoisotopic (exact) mass is 1790 g/mol. The van der Waals surface area contributed by atoms with E-state index >= 15 is 0 Å². The summed E-state index contributed by atoms with van der Waals surface area (Å²) in [5.41, 5.74) is -3.92. The van der Waals surface area contributed by atoms with Crippen LogP contribution in [-0.2, 0) is 55.9 Å². The number of nitrogens with zero attached hydrogens (tertiary/aromatic N) is 6. The van der Waals surface area contributed by atoms with Gasteiger partial charge in [0, 0.05) is 47.0 Å². The molecule has 10 rings (SSSR count). The van der Waals surface area contributed by atoms with Crippen molar-refractivity contribution in [1.82, 2.24) is 47.8 Å². The maximum Gasteiger partial charge on any atom is 0.448 e. The van der Waals surface area contributed by atoms with E-state index in [1.54, 1.807) is 13.0 Å². The van der Waals surface area contributed by atoms with E-state index in [-0.39, 0.29) is 6.42 Å². The fourth-order valence-electron chi connectivity index (χ4n) is 13.8. The summed E-state index contributed by atoms with van der Waals surface area (Å²) in [5, 5.41) is 103. The largest absolute Gasteiger partial charge is 0.448 e. The molecule has 0 unspecified atom stereocenters. The molecular formula is C79H133N11O25P5+. The average Bonchev–Trinajstić information content (AvgIpc) is 1.66. The Balaban J connectivity index is 0.000000233. The first kappa shape index (κ1) is 103. The van der Waals surface area contributed by atoms with Gasteiger partial charge >= 0.3 is 34.1 Å². The van der Waals surface area contributed by atoms with Gasteiger partial charge < -0.3 is 74.7 Å². The van der Waals surface area contributed by atoms with Gasteiger partial charge in [-0.2, -0.15) is 9.55 Å². The first-order valence-electron chi connectivity index (χ1n) is 40.4. The number of H-pyrrole nitrogens is 5. The van der Waals surface area contributed by atoms with Crippen molar-refractivity contribution in [2.45, 2.75) is 240 Å². The van der Waals surface area contributed by atoms with Gasteiger partial charge in [-0.15, -0.1) is 72.5 Å². The number of aliphatic hydroxyl groups excluding tert-OH is 10. The summed E-state index contributed by atoms with van der Waals surface area (Å²) in [5.74, 6) is 0. The molecule has 0 saturated carbocycles. The van der Waals surface area contributed by atoms with Crippen LogP contribution in [0.2, 0.25) is 0 Å². The summed E-state index contributed by atoms with van der Waals surface area (Å²) in [7, 11) is 0. The Morgan fingerprint density at radius 2 is 0.617 bits per heavy atom. The molecule has 5 fully saturated rings. The minimum absolute atomic E-state index is 0.282. The molecule has 41 heteroatoms. The molecule has 20 atom stereocenters. The standard InChI is InChI=1S/C17H29N2O5P.C16H27N2O5P.C16H25N2O5P.C15H26N3O5P.C15H25N2O5P/c1-5-6-7-11-10-19(17(23)18-15(11)22)16-14(21)13(20)12(24-16)8-9-25(2,3)4;2*1-5-6-10-9-18(16(22)17-14(10)21)15-13(20)12(19)11(23-15)7-8-24(2,3)4;1-5-7-17-9-18(15(22)16-14(17)21)13-12(20)11(19)10(23-13)6-8-24(2,3)4;1-5-9-8-17(15(21)16-13(9)20)14-12(19)11(18)10(22-14)6-7-23(2,3)4/h10,12-14,16,20-21H,2,5-9H2,1,3-4H3,(H,18,22,23);9,11-13,15,19-20H,2,5-8H2,1,3-4H3,(H,17,21,22);5,9,11-13,15,19-20H,1-2,6-8H2,3-4H3,(H,17,21,22);9-13,19-20H,2,5-8H2,1,3-4H3;8,10-12,14,18-19H,2,5-7H2,1,3-4H3,(H,16,20,21)/p+1/t12-,13-,14-,16-;2*11-,12-,13-,15-;10-,11-,12-,13-;10-,11-,12-,14-/m11111/s1. The Bertz CT molecular complexity index is 5040. The first-order chi connectivity index (χ1) is 55.7. The minimum Gasteiger partial charge on any atom is -0.388 e. The van der Waals surface area contributed by atoms with E-state index < -0.39 is 214 Å². The van der Waals surface area contributed by atoms with Crippen LogP contribution in [0.3, 0.4) is 0 Å². The molecule has 5 aliphatic rings. The molecule has 5 aromatic heterocycles. The van der Waals surface area contributed by atoms with Gasteiger partial charge in [0.15, 0.2) is 24.9 Å². The summed E-state index contributed by atoms with van der Waals surface area (Å²) in [6, 6.07) is 0. The van der Waals surface area contributed by atoms with Gasteiger partial charge in [0.1, 0.15) is 61.0 Å². The highest BCUT2D eigenvalue weighted by Gasteiger charge is 2.49. The molecule has 36 nitrogen and oxygen atoms in total. The highest BCUT2D eigenvalue weighted by molar-refractivity contribution is 7.73. The molecule has 678 valence electrons. The topological polar surface area (TPSA) is 527 Å². The Hall–Kier alpha value is -6.03. The van der Waals surface area contributed by atoms with Crippen molar-refractivity contribution in [2.75, 3.05) is 97.5 Å². The van der Waals surface area contributed by atoms with Crippen molar-refractivity contribution >= 4 is 65.9 Å². The van der Waals surface area contributed by atoms with Gasteiger partial charge in [-0.25, -0.2) is 33.3 Å². The third-order valence-electron chi connectivity index (χ3n) is 20.8. The zero-order valence-electron chi connectivity index (χ0n) is 71.7. The smallest absolute Gasteiger partial charge is 0.388 e. The molecule has 10 heterocycles. The Morgan fingerprint density at radius 3 is 0.883 bits per heavy atom. The van der Waals surface area contributed by atoms with Crippen LogP contribution in [0.4, 0.5) is 0 Å². The number of aromatic amines is 5. The molecule has 0 aliphatic carbocycles. The number of unbranched alkanes of at least 4 members (excludes halogenated alkanes) is 1. The van der Waals surface area contributed by atoms with Crippen molar-refractivity contribution < 1.29 is 79.3 Å². The number of aryl methyl sites for hydroxylation is 4. The number of allylic oxidation sites excluding steroid dienone is 1. The molecule has 5 saturated heterocycles. The molecular weight excluding hydrogens is 1660 g/mol. The van der Waals surface area contributed by atoms with E-state index in [4.69, 9.17) is 23.7 Å². The lowest BCUT2D eigenvalue weighted by atomic mass is 10.1. The van der Waals surface area contributed by atoms with Gasteiger partial charge in [-0.3, -0.25) is 57.4 Å². The Morgan fingerprint density at radius 1 is 0.358 bits per heavy atom. The summed E-state index contributed by atoms with van der Waals surface area (Å²) >= 11 is 0. The van der Waals surface area contributed by atoms with E-state index in [1.807, 2.05) is 20.8 Å². The maximum atomic E-state index is 12.2. The van der Waals surface area contributed by atoms with Crippen LogP contribution in [0.15, 0.2) is 91.7 Å². The quantitative estimate of drug-likeness (QED) is 0.0157. The van der Waals surface area contributed by atoms with Crippen molar-refractivity contribution in [3.63, 3.8) is 0 Å². The van der Waals surface area contributed by atoms with Crippen LogP contribution < -0.4 is 60.9 Å². The third-order valence-corrected chi connectivity index (χ3v) is 28.2. The van der Waals surface area contributed by atoms with Gasteiger partial charge in [-0.05, 0) is 168 Å². The highest BCUT2D eigenvalue weighted by atomic mass is 31.2. The van der Waals surface area contributed by atoms with Crippen LogP contribution in [-0.4, -0.2) is 319 Å². The number of aliphatic hydroxyl groups is 10. The number of aromatic nitrogens is 11. The zero-order chi connectivity index (χ0) is 90.3. The normalized spacial score (nSPS) is 27.5. The second-order valence-electron chi connectivity index (χ2n) is 34.9. The predicted octanol–water partition coefficient (Wildman–Crippen LogP) is -0.441. The Labute approximate surface area is 697 Å². The number of hydrogen-bond acceptors (Lipinski definition) is 25. The molecule has 0 spiro atoms. The summed E-state index contributed by atoms with van der Waals surface area (Å²) in [4.78, 5) is 130. The number of rotatable bonds is 30. The first-order valence-corrected chi connectivity index (χ1v) is 55.6. The van der Waals surface area contributed by atoms with Crippen LogP contribution in [0, 0.1) is 0 Å². The molecule has 5 aliphatic heterocycles. The molecule has 120 heavy (non-hydrogen) atoms. The maximum absolute atomic E-state index is 12.2. The lowest BCUT2D eigenvalue weighted by Gasteiger charge is -2.19. The highest BCUT2D eigenvalue weighted by Crippen LogP contribution is 2.44. The molecule has 0 amide bonds. The van der Waals surface area contributed by atoms with E-state index in [2.05, 4.69) is 130 Å². The van der Waals surface area contributed by atoms with Crippen molar-refractivity contribution in [1.29, 1.82) is 0 Å². The van der Waals surface area contributed by atoms with Gasteiger partial charge in [-0.1, -0.05) is 46.6 Å². The fourth-order valence-corrected chi connectivity index (χ4v) is 18.6. The summed E-state index contributed by atoms with van der Waals surface area (Å²) in [6.07, 6.45) is 21.5. The summed E-state index contributed by atoms with van der Waals surface area (Å²) in [6.45, 7) is 26.1. The number of ether oxygens (including phenoxy) is 5.